The molecule has 0 heterocycles. The number of rotatable bonds is 5. The van der Waals surface area contributed by atoms with E-state index in [-0.39, 0.29) is 11.9 Å². The number of hydrogen-bond donors (Lipinski definition) is 2. The highest BCUT2D eigenvalue weighted by Gasteiger charge is 2.18. The van der Waals surface area contributed by atoms with Crippen LogP contribution >= 0.6 is 0 Å². The fourth-order valence-corrected chi connectivity index (χ4v) is 2.09. The molecule has 0 radical (unpaired) electrons. The monoisotopic (exact) mass is 248 g/mol. The number of carbonyl (C=O) groups is 1. The summed E-state index contributed by atoms with van der Waals surface area (Å²) in [6, 6.07) is 7.64. The van der Waals surface area contributed by atoms with Gasteiger partial charge < -0.3 is 11.1 Å². The fraction of sp³-hybridized carbons (Fsp3) is 0.533. The molecule has 3 nitrogen and oxygen atoms in total. The Morgan fingerprint density at radius 3 is 2.44 bits per heavy atom. The molecule has 0 saturated carbocycles. The molecule has 3 heteroatoms. The number of nitrogens with one attached hydrogen (secondary N) is 1. The molecule has 3 N–H and O–H groups in total. The molecule has 2 atom stereocenters. The van der Waals surface area contributed by atoms with E-state index in [4.69, 9.17) is 5.73 Å². The molecule has 0 bridgehead atoms. The Morgan fingerprint density at radius 1 is 1.28 bits per heavy atom. The summed E-state index contributed by atoms with van der Waals surface area (Å²) < 4.78 is 0. The van der Waals surface area contributed by atoms with Crippen LogP contribution in [0.5, 0.6) is 0 Å². The number of nitrogens with two attached hydrogens (primary N) is 1. The fourth-order valence-electron chi connectivity index (χ4n) is 2.09. The summed E-state index contributed by atoms with van der Waals surface area (Å²) in [5.41, 5.74) is 8.19. The van der Waals surface area contributed by atoms with Gasteiger partial charge in [0, 0.05) is 0 Å². The average Bonchev–Trinajstić information content (AvgIpc) is 2.28. The van der Waals surface area contributed by atoms with Crippen molar-refractivity contribution < 1.29 is 4.79 Å². The summed E-state index contributed by atoms with van der Waals surface area (Å²) in [4.78, 5) is 11.9. The van der Waals surface area contributed by atoms with Crippen LogP contribution in [0, 0.1) is 12.8 Å². The van der Waals surface area contributed by atoms with Crippen LogP contribution in [0.2, 0.25) is 0 Å². The van der Waals surface area contributed by atoms with Crippen LogP contribution in [0.1, 0.15) is 44.4 Å². The molecule has 0 aliphatic heterocycles. The molecule has 1 rings (SSSR count). The first kappa shape index (κ1) is 14.7. The Hall–Kier alpha value is -1.35. The van der Waals surface area contributed by atoms with E-state index in [0.29, 0.717) is 12.3 Å². The van der Waals surface area contributed by atoms with Crippen molar-refractivity contribution in [2.24, 2.45) is 11.7 Å². The predicted molar refractivity (Wildman–Crippen MR) is 75.2 cm³/mol. The Bertz CT molecular complexity index is 401. The van der Waals surface area contributed by atoms with Crippen molar-refractivity contribution in [3.63, 3.8) is 0 Å². The van der Waals surface area contributed by atoms with Gasteiger partial charge in [0.1, 0.15) is 0 Å². The zero-order chi connectivity index (χ0) is 13.7. The van der Waals surface area contributed by atoms with E-state index in [0.717, 1.165) is 5.56 Å². The maximum absolute atomic E-state index is 11.9. The van der Waals surface area contributed by atoms with Crippen LogP contribution in [0.15, 0.2) is 24.3 Å². The van der Waals surface area contributed by atoms with E-state index in [1.165, 1.54) is 5.56 Å². The van der Waals surface area contributed by atoms with Gasteiger partial charge in [-0.25, -0.2) is 0 Å². The average molecular weight is 248 g/mol. The molecule has 1 aromatic carbocycles. The lowest BCUT2D eigenvalue weighted by Crippen LogP contribution is -2.42. The number of hydrogen-bond acceptors (Lipinski definition) is 2. The molecule has 2 unspecified atom stereocenters. The van der Waals surface area contributed by atoms with E-state index in [1.807, 2.05) is 38.1 Å². The third kappa shape index (κ3) is 4.15. The van der Waals surface area contributed by atoms with Crippen molar-refractivity contribution in [1.82, 2.24) is 5.32 Å². The summed E-state index contributed by atoms with van der Waals surface area (Å²) in [5, 5.41) is 2.98. The smallest absolute Gasteiger partial charge is 0.237 e. The van der Waals surface area contributed by atoms with E-state index in [1.54, 1.807) is 0 Å². The van der Waals surface area contributed by atoms with E-state index < -0.39 is 6.04 Å². The number of benzene rings is 1. The number of aryl methyl sites for hydroxylation is 1. The highest BCUT2D eigenvalue weighted by atomic mass is 16.2. The van der Waals surface area contributed by atoms with Crippen LogP contribution in [-0.2, 0) is 4.79 Å². The molecule has 0 aliphatic rings. The summed E-state index contributed by atoms with van der Waals surface area (Å²) in [7, 11) is 0. The predicted octanol–water partition coefficient (Wildman–Crippen LogP) is 2.55. The van der Waals surface area contributed by atoms with Gasteiger partial charge in [-0.15, -0.1) is 0 Å². The minimum absolute atomic E-state index is 0.00286. The van der Waals surface area contributed by atoms with E-state index in [9.17, 15) is 4.79 Å². The zero-order valence-corrected chi connectivity index (χ0v) is 11.7. The normalized spacial score (nSPS) is 14.3. The van der Waals surface area contributed by atoms with Crippen molar-refractivity contribution >= 4 is 5.91 Å². The molecule has 0 aliphatic carbocycles. The van der Waals surface area contributed by atoms with Crippen LogP contribution in [0.3, 0.4) is 0 Å². The van der Waals surface area contributed by atoms with Gasteiger partial charge in [-0.05, 0) is 37.3 Å². The van der Waals surface area contributed by atoms with Crippen molar-refractivity contribution in [3.05, 3.63) is 35.4 Å². The molecule has 0 saturated heterocycles. The molecule has 0 spiro atoms. The van der Waals surface area contributed by atoms with Gasteiger partial charge in [0.05, 0.1) is 12.1 Å². The van der Waals surface area contributed by atoms with Gasteiger partial charge in [0.15, 0.2) is 0 Å². The lowest BCUT2D eigenvalue weighted by molar-refractivity contribution is -0.123. The summed E-state index contributed by atoms with van der Waals surface area (Å²) in [6.45, 7) is 8.17. The SMILES string of the molecule is Cc1ccccc1C(C)NC(=O)C(N)CC(C)C. The summed E-state index contributed by atoms with van der Waals surface area (Å²) in [5.74, 6) is 0.360. The molecular weight excluding hydrogens is 224 g/mol. The zero-order valence-electron chi connectivity index (χ0n) is 11.7. The van der Waals surface area contributed by atoms with Gasteiger partial charge in [-0.3, -0.25) is 4.79 Å². The van der Waals surface area contributed by atoms with Gasteiger partial charge in [-0.2, -0.15) is 0 Å². The Kier molecular flexibility index (Phi) is 5.35. The van der Waals surface area contributed by atoms with Crippen molar-refractivity contribution in [2.75, 3.05) is 0 Å². The Balaban J connectivity index is 2.62. The standard InChI is InChI=1S/C15H24N2O/c1-10(2)9-14(16)15(18)17-12(4)13-8-6-5-7-11(13)3/h5-8,10,12,14H,9,16H2,1-4H3,(H,17,18). The van der Waals surface area contributed by atoms with Crippen LogP contribution in [0.4, 0.5) is 0 Å². The molecule has 18 heavy (non-hydrogen) atoms. The molecule has 1 aromatic rings. The maximum atomic E-state index is 11.9. The maximum Gasteiger partial charge on any atom is 0.237 e. The topological polar surface area (TPSA) is 55.1 Å². The van der Waals surface area contributed by atoms with Crippen molar-refractivity contribution in [2.45, 2.75) is 46.2 Å². The Labute approximate surface area is 110 Å². The second kappa shape index (κ2) is 6.55. The molecule has 1 amide bonds. The Morgan fingerprint density at radius 2 is 1.89 bits per heavy atom. The first-order valence-corrected chi connectivity index (χ1v) is 6.53. The molecule has 0 fully saturated rings. The highest BCUT2D eigenvalue weighted by molar-refractivity contribution is 5.81. The first-order valence-electron chi connectivity index (χ1n) is 6.53. The molecule has 100 valence electrons. The van der Waals surface area contributed by atoms with Crippen molar-refractivity contribution in [3.8, 4) is 0 Å². The summed E-state index contributed by atoms with van der Waals surface area (Å²) >= 11 is 0. The minimum atomic E-state index is -0.420. The highest BCUT2D eigenvalue weighted by Crippen LogP contribution is 2.16. The van der Waals surface area contributed by atoms with Crippen LogP contribution in [-0.4, -0.2) is 11.9 Å². The van der Waals surface area contributed by atoms with Gasteiger partial charge in [0.25, 0.3) is 0 Å². The summed E-state index contributed by atoms with van der Waals surface area (Å²) in [6.07, 6.45) is 0.715. The van der Waals surface area contributed by atoms with E-state index in [2.05, 4.69) is 19.2 Å². The first-order chi connectivity index (χ1) is 8.41. The van der Waals surface area contributed by atoms with Gasteiger partial charge in [0.2, 0.25) is 5.91 Å². The van der Waals surface area contributed by atoms with Crippen LogP contribution in [0.25, 0.3) is 0 Å². The number of amides is 1. The van der Waals surface area contributed by atoms with E-state index >= 15 is 0 Å². The lowest BCUT2D eigenvalue weighted by Gasteiger charge is -2.20. The molecular formula is C15H24N2O. The van der Waals surface area contributed by atoms with Crippen LogP contribution < -0.4 is 11.1 Å². The minimum Gasteiger partial charge on any atom is -0.348 e. The number of carbonyl (C=O) groups excluding carboxylic acids is 1. The van der Waals surface area contributed by atoms with Gasteiger partial charge in [-0.1, -0.05) is 38.1 Å². The quantitative estimate of drug-likeness (QED) is 0.841. The second-order valence-corrected chi connectivity index (χ2v) is 5.32. The second-order valence-electron chi connectivity index (χ2n) is 5.32. The largest absolute Gasteiger partial charge is 0.348 e. The molecule has 0 aromatic heterocycles. The van der Waals surface area contributed by atoms with Gasteiger partial charge >= 0.3 is 0 Å². The third-order valence-corrected chi connectivity index (χ3v) is 3.08. The third-order valence-electron chi connectivity index (χ3n) is 3.08. The lowest BCUT2D eigenvalue weighted by atomic mass is 10.0. The van der Waals surface area contributed by atoms with Crippen molar-refractivity contribution in [1.29, 1.82) is 0 Å².